The van der Waals surface area contributed by atoms with Crippen LogP contribution in [0.15, 0.2) is 71.6 Å². The van der Waals surface area contributed by atoms with Gasteiger partial charge in [-0.1, -0.05) is 30.3 Å². The van der Waals surface area contributed by atoms with Crippen LogP contribution in [-0.2, 0) is 9.59 Å². The third-order valence-electron chi connectivity index (χ3n) is 4.88. The molecule has 0 unspecified atom stereocenters. The second-order valence-electron chi connectivity index (χ2n) is 7.26. The van der Waals surface area contributed by atoms with E-state index in [0.717, 1.165) is 39.3 Å². The van der Waals surface area contributed by atoms with Crippen LogP contribution >= 0.6 is 11.8 Å². The molecule has 3 amide bonds. The van der Waals surface area contributed by atoms with E-state index in [1.807, 2.05) is 79.1 Å². The van der Waals surface area contributed by atoms with Crippen molar-refractivity contribution in [2.24, 2.45) is 0 Å². The lowest BCUT2D eigenvalue weighted by molar-refractivity contribution is -0.127. The largest absolute Gasteiger partial charge is 0.325 e. The molecule has 2 heterocycles. The molecule has 1 N–H and O–H groups in total. The number of amides is 3. The average Bonchev–Trinajstić information content (AvgIpc) is 3.23. The number of hydrogen-bond acceptors (Lipinski definition) is 4. The van der Waals surface area contributed by atoms with Crippen molar-refractivity contribution in [3.63, 3.8) is 0 Å². The third-order valence-corrected chi connectivity index (χ3v) is 5.78. The highest BCUT2D eigenvalue weighted by atomic mass is 32.2. The Kier molecular flexibility index (Phi) is 5.77. The fourth-order valence-corrected chi connectivity index (χ4v) is 4.26. The van der Waals surface area contributed by atoms with Crippen molar-refractivity contribution in [3.05, 3.63) is 88.6 Å². The first kappa shape index (κ1) is 20.7. The summed E-state index contributed by atoms with van der Waals surface area (Å²) < 4.78 is 2.01. The summed E-state index contributed by atoms with van der Waals surface area (Å²) in [6.45, 7) is 3.57. The fraction of sp³-hybridized carbons (Fsp3) is 0.125. The molecule has 7 heteroatoms. The van der Waals surface area contributed by atoms with Crippen LogP contribution in [0.1, 0.15) is 17.0 Å². The highest BCUT2D eigenvalue weighted by Crippen LogP contribution is 2.33. The van der Waals surface area contributed by atoms with Crippen LogP contribution in [0.5, 0.6) is 0 Å². The van der Waals surface area contributed by atoms with Gasteiger partial charge in [0.1, 0.15) is 6.54 Å². The van der Waals surface area contributed by atoms with Gasteiger partial charge in [-0.05, 0) is 73.6 Å². The van der Waals surface area contributed by atoms with E-state index >= 15 is 0 Å². The van der Waals surface area contributed by atoms with E-state index in [1.54, 1.807) is 12.1 Å². The molecule has 1 saturated heterocycles. The summed E-state index contributed by atoms with van der Waals surface area (Å²) in [6, 6.07) is 21.0. The monoisotopic (exact) mass is 431 g/mol. The molecule has 0 aliphatic carbocycles. The molecule has 0 atom stereocenters. The first-order valence-corrected chi connectivity index (χ1v) is 10.6. The molecule has 0 radical (unpaired) electrons. The van der Waals surface area contributed by atoms with Crippen LogP contribution in [0, 0.1) is 13.8 Å². The zero-order valence-electron chi connectivity index (χ0n) is 17.2. The van der Waals surface area contributed by atoms with E-state index in [1.165, 1.54) is 0 Å². The lowest BCUT2D eigenvalue weighted by atomic mass is 10.2. The third kappa shape index (κ3) is 4.46. The number of para-hydroxylation sites is 1. The SMILES string of the molecule is Cc1cccc(NC(=O)CN2C(=O)S/C(=C\c3ccc(C)n3-c3ccccc3)C2=O)c1. The van der Waals surface area contributed by atoms with Gasteiger partial charge in [-0.25, -0.2) is 0 Å². The van der Waals surface area contributed by atoms with Gasteiger partial charge < -0.3 is 9.88 Å². The molecule has 0 bridgehead atoms. The summed E-state index contributed by atoms with van der Waals surface area (Å²) in [5.74, 6) is -0.884. The summed E-state index contributed by atoms with van der Waals surface area (Å²) in [5.41, 5.74) is 4.40. The molecule has 1 aromatic heterocycles. The Morgan fingerprint density at radius 3 is 2.52 bits per heavy atom. The number of aryl methyl sites for hydroxylation is 2. The number of nitrogens with zero attached hydrogens (tertiary/aromatic N) is 2. The van der Waals surface area contributed by atoms with E-state index in [0.29, 0.717) is 10.6 Å². The molecule has 156 valence electrons. The zero-order chi connectivity index (χ0) is 22.0. The van der Waals surface area contributed by atoms with Gasteiger partial charge in [-0.2, -0.15) is 0 Å². The van der Waals surface area contributed by atoms with E-state index in [4.69, 9.17) is 0 Å². The van der Waals surface area contributed by atoms with Crippen LogP contribution < -0.4 is 5.32 Å². The highest BCUT2D eigenvalue weighted by Gasteiger charge is 2.36. The van der Waals surface area contributed by atoms with E-state index in [2.05, 4.69) is 5.32 Å². The molecule has 31 heavy (non-hydrogen) atoms. The van der Waals surface area contributed by atoms with Gasteiger partial charge in [-0.3, -0.25) is 19.3 Å². The van der Waals surface area contributed by atoms with Crippen molar-refractivity contribution in [2.75, 3.05) is 11.9 Å². The molecule has 2 aromatic carbocycles. The van der Waals surface area contributed by atoms with Crippen molar-refractivity contribution < 1.29 is 14.4 Å². The number of carbonyl (C=O) groups excluding carboxylic acids is 3. The van der Waals surface area contributed by atoms with E-state index < -0.39 is 17.1 Å². The van der Waals surface area contributed by atoms with E-state index in [-0.39, 0.29) is 6.54 Å². The second kappa shape index (κ2) is 8.65. The van der Waals surface area contributed by atoms with Crippen LogP contribution in [0.2, 0.25) is 0 Å². The van der Waals surface area contributed by atoms with Gasteiger partial charge >= 0.3 is 0 Å². The fourth-order valence-electron chi connectivity index (χ4n) is 3.44. The number of hydrogen-bond donors (Lipinski definition) is 1. The molecule has 6 nitrogen and oxygen atoms in total. The van der Waals surface area contributed by atoms with Gasteiger partial charge in [0.05, 0.1) is 4.91 Å². The minimum atomic E-state index is -0.465. The van der Waals surface area contributed by atoms with Crippen LogP contribution in [0.4, 0.5) is 10.5 Å². The minimum absolute atomic E-state index is 0.295. The first-order valence-electron chi connectivity index (χ1n) is 9.78. The molecule has 1 fully saturated rings. The number of imide groups is 1. The number of anilines is 1. The summed E-state index contributed by atoms with van der Waals surface area (Å²) in [7, 11) is 0. The Morgan fingerprint density at radius 2 is 1.77 bits per heavy atom. The van der Waals surface area contributed by atoms with Gasteiger partial charge in [0.25, 0.3) is 11.1 Å². The lowest BCUT2D eigenvalue weighted by Gasteiger charge is -2.13. The molecule has 3 aromatic rings. The standard InChI is InChI=1S/C24H21N3O3S/c1-16-7-6-8-18(13-16)25-22(28)15-26-23(29)21(31-24(26)30)14-20-12-11-17(2)27(20)19-9-4-3-5-10-19/h3-14H,15H2,1-2H3,(H,25,28)/b21-14-. The van der Waals surface area contributed by atoms with Crippen molar-refractivity contribution in [1.29, 1.82) is 0 Å². The van der Waals surface area contributed by atoms with Crippen LogP contribution in [0.3, 0.4) is 0 Å². The predicted octanol–water partition coefficient (Wildman–Crippen LogP) is 4.77. The quantitative estimate of drug-likeness (QED) is 0.591. The Balaban J connectivity index is 1.53. The maximum absolute atomic E-state index is 12.8. The Labute approximate surface area is 184 Å². The summed E-state index contributed by atoms with van der Waals surface area (Å²) in [4.78, 5) is 38.9. The summed E-state index contributed by atoms with van der Waals surface area (Å²) >= 11 is 0.846. The number of carbonyl (C=O) groups is 3. The zero-order valence-corrected chi connectivity index (χ0v) is 18.0. The Morgan fingerprint density at radius 1 is 1.00 bits per heavy atom. The molecular formula is C24H21N3O3S. The Hall–Kier alpha value is -3.58. The predicted molar refractivity (Wildman–Crippen MR) is 123 cm³/mol. The van der Waals surface area contributed by atoms with Gasteiger partial charge in [0.2, 0.25) is 5.91 Å². The molecule has 0 spiro atoms. The average molecular weight is 432 g/mol. The topological polar surface area (TPSA) is 71.4 Å². The van der Waals surface area contributed by atoms with Gasteiger partial charge in [0.15, 0.2) is 0 Å². The lowest BCUT2D eigenvalue weighted by Crippen LogP contribution is -2.36. The van der Waals surface area contributed by atoms with E-state index in [9.17, 15) is 14.4 Å². The number of benzene rings is 2. The molecular weight excluding hydrogens is 410 g/mol. The summed E-state index contributed by atoms with van der Waals surface area (Å²) in [6.07, 6.45) is 1.70. The van der Waals surface area contributed by atoms with Crippen molar-refractivity contribution in [3.8, 4) is 5.69 Å². The number of rotatable bonds is 5. The smallest absolute Gasteiger partial charge is 0.294 e. The maximum atomic E-state index is 12.8. The summed E-state index contributed by atoms with van der Waals surface area (Å²) in [5, 5.41) is 2.28. The highest BCUT2D eigenvalue weighted by molar-refractivity contribution is 8.18. The number of nitrogens with one attached hydrogen (secondary N) is 1. The normalized spacial score (nSPS) is 15.0. The van der Waals surface area contributed by atoms with Crippen LogP contribution in [0.25, 0.3) is 11.8 Å². The molecule has 1 aliphatic rings. The van der Waals surface area contributed by atoms with Crippen LogP contribution in [-0.4, -0.2) is 33.1 Å². The number of thioether (sulfide) groups is 1. The van der Waals surface area contributed by atoms with Crippen molar-refractivity contribution in [2.45, 2.75) is 13.8 Å². The van der Waals surface area contributed by atoms with Crippen molar-refractivity contribution in [1.82, 2.24) is 9.47 Å². The van der Waals surface area contributed by atoms with Gasteiger partial charge in [0, 0.05) is 22.8 Å². The molecule has 4 rings (SSSR count). The number of aromatic nitrogens is 1. The molecule has 1 aliphatic heterocycles. The molecule has 0 saturated carbocycles. The van der Waals surface area contributed by atoms with Gasteiger partial charge in [-0.15, -0.1) is 0 Å². The Bertz CT molecular complexity index is 1200. The second-order valence-corrected chi connectivity index (χ2v) is 8.25. The van der Waals surface area contributed by atoms with Crippen molar-refractivity contribution >= 4 is 40.6 Å². The minimum Gasteiger partial charge on any atom is -0.325 e. The first-order chi connectivity index (χ1) is 14.9. The maximum Gasteiger partial charge on any atom is 0.294 e.